The van der Waals surface area contributed by atoms with E-state index in [1.54, 1.807) is 0 Å². The third-order valence-electron chi connectivity index (χ3n) is 1.85. The molecule has 0 saturated carbocycles. The van der Waals surface area contributed by atoms with Gasteiger partial charge < -0.3 is 4.52 Å². The number of hydrogen-bond acceptors (Lipinski definition) is 3. The van der Waals surface area contributed by atoms with Gasteiger partial charge >= 0.3 is 0 Å². The lowest BCUT2D eigenvalue weighted by Crippen LogP contribution is -1.81. The monoisotopic (exact) mass is 252 g/mol. The van der Waals surface area contributed by atoms with Crippen LogP contribution in [0.5, 0.6) is 0 Å². The molecule has 0 radical (unpaired) electrons. The fourth-order valence-electron chi connectivity index (χ4n) is 1.20. The fourth-order valence-corrected chi connectivity index (χ4v) is 1.43. The molecule has 0 spiro atoms. The SMILES string of the molecule is Cc1cccc(-c2nc(CBr)no2)c1. The van der Waals surface area contributed by atoms with E-state index in [1.807, 2.05) is 31.2 Å². The lowest BCUT2D eigenvalue weighted by atomic mass is 10.1. The van der Waals surface area contributed by atoms with Crippen LogP contribution in [0.2, 0.25) is 0 Å². The summed E-state index contributed by atoms with van der Waals surface area (Å²) in [6, 6.07) is 7.98. The zero-order valence-electron chi connectivity index (χ0n) is 7.70. The fraction of sp³-hybridized carbons (Fsp3) is 0.200. The Bertz CT molecular complexity index is 439. The number of aromatic nitrogens is 2. The third kappa shape index (κ3) is 1.85. The minimum atomic E-state index is 0.572. The summed E-state index contributed by atoms with van der Waals surface area (Å²) in [5.74, 6) is 1.24. The van der Waals surface area contributed by atoms with Crippen LogP contribution in [0.15, 0.2) is 28.8 Å². The summed E-state index contributed by atoms with van der Waals surface area (Å²) in [5, 5.41) is 4.42. The second kappa shape index (κ2) is 3.92. The number of halogens is 1. The van der Waals surface area contributed by atoms with E-state index in [-0.39, 0.29) is 0 Å². The standard InChI is InChI=1S/C10H9BrN2O/c1-7-3-2-4-8(5-7)10-12-9(6-11)13-14-10/h2-5H,6H2,1H3. The Morgan fingerprint density at radius 1 is 1.43 bits per heavy atom. The predicted molar refractivity (Wildman–Crippen MR) is 57.1 cm³/mol. The molecule has 14 heavy (non-hydrogen) atoms. The summed E-state index contributed by atoms with van der Waals surface area (Å²) in [6.45, 7) is 2.03. The van der Waals surface area contributed by atoms with E-state index in [4.69, 9.17) is 4.52 Å². The molecule has 2 rings (SSSR count). The van der Waals surface area contributed by atoms with Crippen LogP contribution in [0.25, 0.3) is 11.5 Å². The number of aryl methyl sites for hydroxylation is 1. The largest absolute Gasteiger partial charge is 0.334 e. The van der Waals surface area contributed by atoms with Crippen molar-refractivity contribution in [3.63, 3.8) is 0 Å². The summed E-state index contributed by atoms with van der Waals surface area (Å²) >= 11 is 3.27. The van der Waals surface area contributed by atoms with Gasteiger partial charge in [0.25, 0.3) is 5.89 Å². The van der Waals surface area contributed by atoms with Gasteiger partial charge in [0.15, 0.2) is 5.82 Å². The normalized spacial score (nSPS) is 10.4. The number of rotatable bonds is 2. The molecule has 2 aromatic rings. The lowest BCUT2D eigenvalue weighted by molar-refractivity contribution is 0.425. The Morgan fingerprint density at radius 3 is 2.93 bits per heavy atom. The molecule has 0 aliphatic rings. The minimum absolute atomic E-state index is 0.572. The van der Waals surface area contributed by atoms with E-state index in [2.05, 4.69) is 26.1 Å². The summed E-state index contributed by atoms with van der Waals surface area (Å²) in [7, 11) is 0. The second-order valence-corrected chi connectivity index (χ2v) is 3.58. The summed E-state index contributed by atoms with van der Waals surface area (Å²) in [4.78, 5) is 4.22. The van der Waals surface area contributed by atoms with Gasteiger partial charge in [-0.2, -0.15) is 4.98 Å². The molecule has 0 aliphatic carbocycles. The van der Waals surface area contributed by atoms with Crippen LogP contribution in [0.1, 0.15) is 11.4 Å². The summed E-state index contributed by atoms with van der Waals surface area (Å²) in [5.41, 5.74) is 2.14. The first-order chi connectivity index (χ1) is 6.79. The van der Waals surface area contributed by atoms with Crippen LogP contribution in [0, 0.1) is 6.92 Å². The van der Waals surface area contributed by atoms with Gasteiger partial charge in [-0.05, 0) is 19.1 Å². The molecule has 72 valence electrons. The molecule has 0 bridgehead atoms. The van der Waals surface area contributed by atoms with E-state index >= 15 is 0 Å². The minimum Gasteiger partial charge on any atom is -0.334 e. The smallest absolute Gasteiger partial charge is 0.257 e. The van der Waals surface area contributed by atoms with Crippen molar-refractivity contribution in [1.82, 2.24) is 10.1 Å². The van der Waals surface area contributed by atoms with Crippen molar-refractivity contribution in [1.29, 1.82) is 0 Å². The molecule has 1 aromatic carbocycles. The van der Waals surface area contributed by atoms with Crippen LogP contribution in [0.4, 0.5) is 0 Å². The molecule has 4 heteroatoms. The van der Waals surface area contributed by atoms with Gasteiger partial charge in [-0.3, -0.25) is 0 Å². The Balaban J connectivity index is 2.39. The maximum atomic E-state index is 5.11. The summed E-state index contributed by atoms with van der Waals surface area (Å²) in [6.07, 6.45) is 0. The maximum absolute atomic E-state index is 5.11. The average Bonchev–Trinajstić information content (AvgIpc) is 2.66. The van der Waals surface area contributed by atoms with Gasteiger partial charge in [0.2, 0.25) is 0 Å². The highest BCUT2D eigenvalue weighted by Gasteiger charge is 2.06. The van der Waals surface area contributed by atoms with Gasteiger partial charge in [-0.1, -0.05) is 38.8 Å². The van der Waals surface area contributed by atoms with Crippen LogP contribution < -0.4 is 0 Å². The van der Waals surface area contributed by atoms with Crippen molar-refractivity contribution in [2.45, 2.75) is 12.3 Å². The van der Waals surface area contributed by atoms with E-state index in [9.17, 15) is 0 Å². The lowest BCUT2D eigenvalue weighted by Gasteiger charge is -1.94. The molecule has 0 N–H and O–H groups in total. The van der Waals surface area contributed by atoms with Crippen molar-refractivity contribution in [3.8, 4) is 11.5 Å². The van der Waals surface area contributed by atoms with E-state index in [0.717, 1.165) is 5.56 Å². The van der Waals surface area contributed by atoms with Gasteiger partial charge in [0.1, 0.15) is 0 Å². The van der Waals surface area contributed by atoms with Crippen molar-refractivity contribution in [2.75, 3.05) is 0 Å². The van der Waals surface area contributed by atoms with Crippen LogP contribution in [-0.4, -0.2) is 10.1 Å². The van der Waals surface area contributed by atoms with Crippen LogP contribution in [0.3, 0.4) is 0 Å². The molecule has 0 atom stereocenters. The first-order valence-corrected chi connectivity index (χ1v) is 5.37. The second-order valence-electron chi connectivity index (χ2n) is 3.02. The Morgan fingerprint density at radius 2 is 2.29 bits per heavy atom. The molecular formula is C10H9BrN2O. The Hall–Kier alpha value is -1.16. The summed E-state index contributed by atoms with van der Waals surface area (Å²) < 4.78 is 5.11. The molecule has 0 saturated heterocycles. The van der Waals surface area contributed by atoms with Gasteiger partial charge in [0.05, 0.1) is 5.33 Å². The quantitative estimate of drug-likeness (QED) is 0.772. The van der Waals surface area contributed by atoms with Gasteiger partial charge in [-0.25, -0.2) is 0 Å². The molecule has 0 fully saturated rings. The average molecular weight is 253 g/mol. The number of alkyl halides is 1. The Kier molecular flexibility index (Phi) is 2.63. The zero-order chi connectivity index (χ0) is 9.97. The first-order valence-electron chi connectivity index (χ1n) is 4.25. The molecule has 1 aromatic heterocycles. The predicted octanol–water partition coefficient (Wildman–Crippen LogP) is 2.94. The van der Waals surface area contributed by atoms with Crippen molar-refractivity contribution in [2.24, 2.45) is 0 Å². The first kappa shape index (κ1) is 9.40. The number of benzene rings is 1. The molecular weight excluding hydrogens is 244 g/mol. The molecule has 0 amide bonds. The third-order valence-corrected chi connectivity index (χ3v) is 2.35. The van der Waals surface area contributed by atoms with Crippen LogP contribution in [-0.2, 0) is 5.33 Å². The Labute approximate surface area is 90.3 Å². The van der Waals surface area contributed by atoms with Gasteiger partial charge in [-0.15, -0.1) is 0 Å². The molecule has 1 heterocycles. The van der Waals surface area contributed by atoms with E-state index < -0.39 is 0 Å². The number of nitrogens with zero attached hydrogens (tertiary/aromatic N) is 2. The van der Waals surface area contributed by atoms with Crippen molar-refractivity contribution >= 4 is 15.9 Å². The maximum Gasteiger partial charge on any atom is 0.257 e. The highest BCUT2D eigenvalue weighted by molar-refractivity contribution is 9.08. The van der Waals surface area contributed by atoms with E-state index in [1.165, 1.54) is 5.56 Å². The van der Waals surface area contributed by atoms with Crippen molar-refractivity contribution in [3.05, 3.63) is 35.7 Å². The topological polar surface area (TPSA) is 38.9 Å². The van der Waals surface area contributed by atoms with Crippen LogP contribution >= 0.6 is 15.9 Å². The highest BCUT2D eigenvalue weighted by atomic mass is 79.9. The molecule has 0 unspecified atom stereocenters. The zero-order valence-corrected chi connectivity index (χ0v) is 9.28. The van der Waals surface area contributed by atoms with Crippen molar-refractivity contribution < 1.29 is 4.52 Å². The van der Waals surface area contributed by atoms with E-state index in [0.29, 0.717) is 17.0 Å². The molecule has 3 nitrogen and oxygen atoms in total. The van der Waals surface area contributed by atoms with Gasteiger partial charge in [0, 0.05) is 5.56 Å². The highest BCUT2D eigenvalue weighted by Crippen LogP contribution is 2.18. The number of hydrogen-bond donors (Lipinski definition) is 0. The molecule has 0 aliphatic heterocycles.